The lowest BCUT2D eigenvalue weighted by Crippen LogP contribution is -2.07. The number of rotatable bonds is 10. The lowest BCUT2D eigenvalue weighted by atomic mass is 9.82. The summed E-state index contributed by atoms with van der Waals surface area (Å²) in [7, 11) is 0. The van der Waals surface area contributed by atoms with Gasteiger partial charge in [0.2, 0.25) is 0 Å². The van der Waals surface area contributed by atoms with E-state index in [1.54, 1.807) is 50.5 Å². The van der Waals surface area contributed by atoms with Crippen molar-refractivity contribution in [1.82, 2.24) is 40.6 Å². The Balaban J connectivity index is 1.61. The molecule has 5 aromatic rings. The molecule has 0 saturated carbocycles. The highest BCUT2D eigenvalue weighted by atomic mass is 16.3. The minimum atomic E-state index is -0.537. The molecule has 0 bridgehead atoms. The van der Waals surface area contributed by atoms with Crippen molar-refractivity contribution >= 4 is 18.1 Å². The molecule has 0 saturated heterocycles. The molecule has 3 N–H and O–H groups in total. The molecular weight excluding hydrogens is 522 g/mol. The number of anilines is 1. The average molecular weight is 552 g/mol. The smallest absolute Gasteiger partial charge is 0.173 e. The van der Waals surface area contributed by atoms with E-state index in [4.69, 9.17) is 0 Å². The molecule has 0 radical (unpaired) electrons. The van der Waals surface area contributed by atoms with Gasteiger partial charge in [0.15, 0.2) is 11.6 Å². The molecule has 0 fully saturated rings. The number of phenols is 2. The molecule has 5 rings (SSSR count). The minimum absolute atomic E-state index is 0.0699. The van der Waals surface area contributed by atoms with Crippen molar-refractivity contribution in [2.45, 2.75) is 33.1 Å². The number of benzene rings is 3. The highest BCUT2D eigenvalue weighted by Gasteiger charge is 2.24. The summed E-state index contributed by atoms with van der Waals surface area (Å²) in [4.78, 5) is 2.63. The zero-order valence-corrected chi connectivity index (χ0v) is 22.8. The van der Waals surface area contributed by atoms with Crippen LogP contribution < -0.4 is 5.32 Å². The maximum atomic E-state index is 11.1. The van der Waals surface area contributed by atoms with Crippen LogP contribution in [0, 0.1) is 13.8 Å². The van der Waals surface area contributed by atoms with E-state index in [1.807, 2.05) is 36.4 Å². The highest BCUT2D eigenvalue weighted by Crippen LogP contribution is 2.41. The summed E-state index contributed by atoms with van der Waals surface area (Å²) in [5.41, 5.74) is 4.39. The Kier molecular flexibility index (Phi) is 8.04. The zero-order chi connectivity index (χ0) is 28.8. The van der Waals surface area contributed by atoms with Gasteiger partial charge < -0.3 is 15.5 Å². The summed E-state index contributed by atoms with van der Waals surface area (Å²) in [5.74, 6) is 0.676. The van der Waals surface area contributed by atoms with Gasteiger partial charge >= 0.3 is 0 Å². The van der Waals surface area contributed by atoms with Gasteiger partial charge in [-0.15, -0.1) is 19.8 Å². The average Bonchev–Trinajstić information content (AvgIpc) is 3.59. The molecule has 3 aromatic carbocycles. The second-order valence-electron chi connectivity index (χ2n) is 9.34. The van der Waals surface area contributed by atoms with Crippen molar-refractivity contribution in [2.24, 2.45) is 10.2 Å². The topological polar surface area (TPSA) is 164 Å². The molecule has 0 aliphatic carbocycles. The Morgan fingerprint density at radius 2 is 1.37 bits per heavy atom. The number of aromatic hydroxyl groups is 2. The van der Waals surface area contributed by atoms with E-state index in [9.17, 15) is 10.2 Å². The maximum Gasteiger partial charge on any atom is 0.173 e. The molecule has 0 unspecified atom stereocenters. The van der Waals surface area contributed by atoms with Crippen molar-refractivity contribution < 1.29 is 10.2 Å². The molecule has 2 aromatic heterocycles. The van der Waals surface area contributed by atoms with Crippen LogP contribution in [0.25, 0.3) is 0 Å². The number of hydrogen-bond donors (Lipinski definition) is 3. The van der Waals surface area contributed by atoms with Crippen molar-refractivity contribution in [1.29, 1.82) is 0 Å². The van der Waals surface area contributed by atoms with Gasteiger partial charge in [0.25, 0.3) is 0 Å². The second kappa shape index (κ2) is 12.2. The van der Waals surface area contributed by atoms with E-state index in [1.165, 1.54) is 9.58 Å². The number of phenolic OH excluding ortho intramolecular Hbond substituents is 2. The molecule has 0 spiro atoms. The van der Waals surface area contributed by atoms with Crippen LogP contribution in [0.1, 0.15) is 58.7 Å². The van der Waals surface area contributed by atoms with Crippen LogP contribution in [-0.2, 0) is 0 Å². The van der Waals surface area contributed by atoms with Gasteiger partial charge in [-0.1, -0.05) is 19.1 Å². The lowest BCUT2D eigenvalue weighted by Gasteiger charge is -2.22. The van der Waals surface area contributed by atoms with E-state index < -0.39 is 5.92 Å². The lowest BCUT2D eigenvalue weighted by molar-refractivity contribution is 0.458. The molecule has 13 heteroatoms. The second-order valence-corrected chi connectivity index (χ2v) is 9.34. The standard InChI is InChI=1S/C28H29N11O2/c1-4-12-29-23-7-5-6-22(15-23)28(24-13-20(8-10-26(24)40)16-30-38-18(2)32-34-36-38)25-14-21(9-11-27(25)41)17-31-39-19(3)33-35-37-39/h5-11,13-17,28-29,40-41H,4,12H2,1-3H3/b30-16+,31-17+. The molecule has 208 valence electrons. The summed E-state index contributed by atoms with van der Waals surface area (Å²) in [6.45, 7) is 6.41. The number of tetrazole rings is 2. The predicted octanol–water partition coefficient (Wildman–Crippen LogP) is 3.45. The third kappa shape index (κ3) is 6.24. The molecule has 0 aliphatic rings. The summed E-state index contributed by atoms with van der Waals surface area (Å²) in [6.07, 6.45) is 4.19. The Morgan fingerprint density at radius 3 is 1.85 bits per heavy atom. The molecular formula is C28H29N11O2. The van der Waals surface area contributed by atoms with E-state index in [0.717, 1.165) is 24.2 Å². The predicted molar refractivity (Wildman–Crippen MR) is 153 cm³/mol. The molecule has 41 heavy (non-hydrogen) atoms. The van der Waals surface area contributed by atoms with Crippen LogP contribution in [0.4, 0.5) is 5.69 Å². The number of aromatic nitrogens is 8. The van der Waals surface area contributed by atoms with Gasteiger partial charge in [-0.25, -0.2) is 0 Å². The number of nitrogens with zero attached hydrogens (tertiary/aromatic N) is 10. The molecule has 2 heterocycles. The maximum absolute atomic E-state index is 11.1. The first kappa shape index (κ1) is 27.1. The van der Waals surface area contributed by atoms with E-state index in [0.29, 0.717) is 33.9 Å². The van der Waals surface area contributed by atoms with Gasteiger partial charge in [0, 0.05) is 29.3 Å². The third-order valence-electron chi connectivity index (χ3n) is 6.36. The van der Waals surface area contributed by atoms with Gasteiger partial charge in [0.05, 0.1) is 12.4 Å². The number of nitrogens with one attached hydrogen (secondary N) is 1. The van der Waals surface area contributed by atoms with Crippen LogP contribution in [0.5, 0.6) is 11.5 Å². The van der Waals surface area contributed by atoms with Crippen LogP contribution in [0.15, 0.2) is 70.9 Å². The quantitative estimate of drug-likeness (QED) is 0.174. The fourth-order valence-corrected chi connectivity index (χ4v) is 4.30. The number of hydrogen-bond acceptors (Lipinski definition) is 11. The highest BCUT2D eigenvalue weighted by molar-refractivity contribution is 5.82. The van der Waals surface area contributed by atoms with Gasteiger partial charge in [0.1, 0.15) is 11.5 Å². The molecule has 13 nitrogen and oxygen atoms in total. The van der Waals surface area contributed by atoms with E-state index >= 15 is 0 Å². The van der Waals surface area contributed by atoms with Crippen molar-refractivity contribution in [2.75, 3.05) is 11.9 Å². The SMILES string of the molecule is CCCNc1cccc(C(c2cc(/C=N/n3nnnc3C)ccc2O)c2cc(/C=N/n3nnnc3C)ccc2O)c1. The fraction of sp³-hybridized carbons (Fsp3) is 0.214. The monoisotopic (exact) mass is 551 g/mol. The Bertz CT molecular complexity index is 1610. The molecule has 0 atom stereocenters. The van der Waals surface area contributed by atoms with Crippen molar-refractivity contribution in [3.63, 3.8) is 0 Å². The first-order chi connectivity index (χ1) is 19.9. The van der Waals surface area contributed by atoms with Crippen LogP contribution in [-0.4, -0.2) is 69.8 Å². The van der Waals surface area contributed by atoms with E-state index in [2.05, 4.69) is 53.5 Å². The Hall–Kier alpha value is -5.46. The molecule has 0 amide bonds. The fourth-order valence-electron chi connectivity index (χ4n) is 4.30. The number of aryl methyl sites for hydroxylation is 2. The third-order valence-corrected chi connectivity index (χ3v) is 6.36. The Morgan fingerprint density at radius 1 is 0.805 bits per heavy atom. The molecule has 0 aliphatic heterocycles. The van der Waals surface area contributed by atoms with Crippen molar-refractivity contribution in [3.05, 3.63) is 100 Å². The summed E-state index contributed by atoms with van der Waals surface area (Å²) in [5, 5.41) is 56.9. The van der Waals surface area contributed by atoms with E-state index in [-0.39, 0.29) is 11.5 Å². The van der Waals surface area contributed by atoms with Crippen LogP contribution >= 0.6 is 0 Å². The van der Waals surface area contributed by atoms with Crippen LogP contribution in [0.3, 0.4) is 0 Å². The van der Waals surface area contributed by atoms with Gasteiger partial charge in [-0.05, 0) is 106 Å². The summed E-state index contributed by atoms with van der Waals surface area (Å²) in [6, 6.07) is 18.3. The van der Waals surface area contributed by atoms with Gasteiger partial charge in [-0.3, -0.25) is 0 Å². The minimum Gasteiger partial charge on any atom is -0.508 e. The van der Waals surface area contributed by atoms with Gasteiger partial charge in [-0.2, -0.15) is 10.2 Å². The summed E-state index contributed by atoms with van der Waals surface area (Å²) >= 11 is 0. The largest absolute Gasteiger partial charge is 0.508 e. The van der Waals surface area contributed by atoms with Crippen molar-refractivity contribution in [3.8, 4) is 11.5 Å². The first-order valence-electron chi connectivity index (χ1n) is 13.0. The normalized spacial score (nSPS) is 11.7. The first-order valence-corrected chi connectivity index (χ1v) is 13.0. The zero-order valence-electron chi connectivity index (χ0n) is 22.8. The Labute approximate surface area is 235 Å². The van der Waals surface area contributed by atoms with Crippen LogP contribution in [0.2, 0.25) is 0 Å². The summed E-state index contributed by atoms with van der Waals surface area (Å²) < 4.78 is 0.